The van der Waals surface area contributed by atoms with Gasteiger partial charge in [0.2, 0.25) is 5.28 Å². The fourth-order valence-corrected chi connectivity index (χ4v) is 4.21. The van der Waals surface area contributed by atoms with E-state index in [0.717, 1.165) is 35.2 Å². The second-order valence-electron chi connectivity index (χ2n) is 6.76. The molecule has 0 unspecified atom stereocenters. The Morgan fingerprint density at radius 3 is 2.93 bits per heavy atom. The second-order valence-corrected chi connectivity index (χ2v) is 9.59. The SMILES string of the molecule is Clc1nc(Nc2ccn(COCCSI)n2)c2cc(OC3CCCC3)ccc2n1. The van der Waals surface area contributed by atoms with Crippen molar-refractivity contribution in [1.29, 1.82) is 0 Å². The molecule has 0 spiro atoms. The summed E-state index contributed by atoms with van der Waals surface area (Å²) in [5.74, 6) is 3.04. The normalized spacial score (nSPS) is 14.6. The van der Waals surface area contributed by atoms with Crippen LogP contribution in [-0.2, 0) is 11.5 Å². The number of aromatic nitrogens is 4. The monoisotopic (exact) mass is 545 g/mol. The molecule has 1 fully saturated rings. The molecule has 1 aliphatic carbocycles. The second kappa shape index (κ2) is 10.1. The summed E-state index contributed by atoms with van der Waals surface area (Å²) in [6.45, 7) is 1.09. The highest BCUT2D eigenvalue weighted by atomic mass is 127. The van der Waals surface area contributed by atoms with Gasteiger partial charge in [-0.2, -0.15) is 10.1 Å². The summed E-state index contributed by atoms with van der Waals surface area (Å²) < 4.78 is 13.4. The van der Waals surface area contributed by atoms with Gasteiger partial charge in [0.05, 0.1) is 18.2 Å². The number of fused-ring (bicyclic) bond motifs is 1. The molecular weight excluding hydrogens is 525 g/mol. The smallest absolute Gasteiger partial charge is 0.224 e. The van der Waals surface area contributed by atoms with Crippen molar-refractivity contribution in [2.24, 2.45) is 0 Å². The lowest BCUT2D eigenvalue weighted by molar-refractivity contribution is 0.0815. The third-order valence-electron chi connectivity index (χ3n) is 4.66. The summed E-state index contributed by atoms with van der Waals surface area (Å²) in [5.41, 5.74) is 0.755. The number of rotatable bonds is 9. The number of hydrogen-bond acceptors (Lipinski definition) is 7. The largest absolute Gasteiger partial charge is 0.490 e. The van der Waals surface area contributed by atoms with Crippen LogP contribution in [0.3, 0.4) is 0 Å². The highest BCUT2D eigenvalue weighted by molar-refractivity contribution is 14.2. The summed E-state index contributed by atoms with van der Waals surface area (Å²) in [6.07, 6.45) is 6.82. The fourth-order valence-electron chi connectivity index (χ4n) is 3.32. The molecule has 7 nitrogen and oxygen atoms in total. The average Bonchev–Trinajstić information content (AvgIpc) is 3.38. The van der Waals surface area contributed by atoms with Gasteiger partial charge in [-0.15, -0.1) is 0 Å². The predicted octanol–water partition coefficient (Wildman–Crippen LogP) is 5.60. The molecule has 1 saturated carbocycles. The number of halogens is 2. The summed E-state index contributed by atoms with van der Waals surface area (Å²) in [6, 6.07) is 7.69. The van der Waals surface area contributed by atoms with E-state index in [4.69, 9.17) is 21.1 Å². The van der Waals surface area contributed by atoms with Crippen LogP contribution < -0.4 is 10.1 Å². The first-order valence-corrected chi connectivity index (χ1v) is 13.4. The highest BCUT2D eigenvalue weighted by Gasteiger charge is 2.17. The van der Waals surface area contributed by atoms with E-state index in [2.05, 4.69) is 41.6 Å². The molecule has 0 aliphatic heterocycles. The topological polar surface area (TPSA) is 74.1 Å². The van der Waals surface area contributed by atoms with Gasteiger partial charge in [0.15, 0.2) is 5.82 Å². The fraction of sp³-hybridized carbons (Fsp3) is 0.421. The minimum Gasteiger partial charge on any atom is -0.490 e. The van der Waals surface area contributed by atoms with Gasteiger partial charge in [-0.25, -0.2) is 9.67 Å². The summed E-state index contributed by atoms with van der Waals surface area (Å²) in [4.78, 5) is 8.69. The number of anilines is 2. The standard InChI is InChI=1S/C19H21ClIN5O2S/c20-19-22-16-6-5-14(28-13-3-1-2-4-13)11-15(16)18(24-19)23-17-7-8-26(25-17)12-27-9-10-29-21/h5-8,11,13H,1-4,9-10,12H2,(H,22,23,24,25). The van der Waals surface area contributed by atoms with Crippen LogP contribution in [0.15, 0.2) is 30.5 Å². The van der Waals surface area contributed by atoms with Crippen molar-refractivity contribution in [3.63, 3.8) is 0 Å². The lowest BCUT2D eigenvalue weighted by atomic mass is 10.2. The van der Waals surface area contributed by atoms with Gasteiger partial charge in [-0.3, -0.25) is 0 Å². The maximum absolute atomic E-state index is 6.13. The van der Waals surface area contributed by atoms with E-state index >= 15 is 0 Å². The van der Waals surface area contributed by atoms with E-state index in [9.17, 15) is 0 Å². The molecule has 0 radical (unpaired) electrons. The molecule has 3 aromatic rings. The first-order valence-electron chi connectivity index (χ1n) is 9.47. The van der Waals surface area contributed by atoms with Crippen LogP contribution >= 0.6 is 41.7 Å². The van der Waals surface area contributed by atoms with Gasteiger partial charge in [0.25, 0.3) is 0 Å². The Morgan fingerprint density at radius 2 is 2.10 bits per heavy atom. The van der Waals surface area contributed by atoms with Gasteiger partial charge in [0, 0.05) is 23.4 Å². The Labute approximate surface area is 190 Å². The Bertz CT molecular complexity index is 967. The van der Waals surface area contributed by atoms with Crippen LogP contribution in [0.5, 0.6) is 5.75 Å². The van der Waals surface area contributed by atoms with Crippen LogP contribution in [-0.4, -0.2) is 38.2 Å². The van der Waals surface area contributed by atoms with E-state index in [1.807, 2.05) is 30.5 Å². The first-order chi connectivity index (χ1) is 14.2. The Hall–Kier alpha value is -1.30. The van der Waals surface area contributed by atoms with Crippen molar-refractivity contribution in [2.75, 3.05) is 17.7 Å². The molecule has 1 aromatic carbocycles. The Kier molecular flexibility index (Phi) is 7.33. The summed E-state index contributed by atoms with van der Waals surface area (Å²) in [7, 11) is 1.72. The molecule has 0 atom stereocenters. The molecule has 2 aromatic heterocycles. The van der Waals surface area contributed by atoms with Gasteiger partial charge in [0.1, 0.15) is 18.3 Å². The van der Waals surface area contributed by atoms with Crippen LogP contribution in [0, 0.1) is 0 Å². The minimum absolute atomic E-state index is 0.184. The third kappa shape index (κ3) is 5.65. The zero-order chi connectivity index (χ0) is 20.1. The molecule has 2 heterocycles. The number of ether oxygens (including phenoxy) is 2. The number of nitrogens with one attached hydrogen (secondary N) is 1. The van der Waals surface area contributed by atoms with Crippen molar-refractivity contribution in [3.8, 4) is 5.75 Å². The molecule has 154 valence electrons. The van der Waals surface area contributed by atoms with Crippen molar-refractivity contribution in [1.82, 2.24) is 19.7 Å². The summed E-state index contributed by atoms with van der Waals surface area (Å²) >= 11 is 8.38. The highest BCUT2D eigenvalue weighted by Crippen LogP contribution is 2.30. The maximum atomic E-state index is 6.13. The number of benzene rings is 1. The van der Waals surface area contributed by atoms with Crippen molar-refractivity contribution < 1.29 is 9.47 Å². The number of hydrogen-bond donors (Lipinski definition) is 1. The van der Waals surface area contributed by atoms with Crippen molar-refractivity contribution >= 4 is 64.3 Å². The molecule has 10 heteroatoms. The van der Waals surface area contributed by atoms with Gasteiger partial charge in [-0.1, -0.05) is 8.93 Å². The van der Waals surface area contributed by atoms with E-state index < -0.39 is 0 Å². The number of nitrogens with zero attached hydrogens (tertiary/aromatic N) is 4. The predicted molar refractivity (Wildman–Crippen MR) is 125 cm³/mol. The van der Waals surface area contributed by atoms with E-state index in [1.54, 1.807) is 13.6 Å². The zero-order valence-electron chi connectivity index (χ0n) is 15.7. The minimum atomic E-state index is 0.184. The maximum Gasteiger partial charge on any atom is 0.224 e. The molecule has 0 saturated heterocycles. The molecule has 4 rings (SSSR count). The van der Waals surface area contributed by atoms with E-state index in [1.165, 1.54) is 12.8 Å². The molecular formula is C19H21ClIN5O2S. The first kappa shape index (κ1) is 21.0. The summed E-state index contributed by atoms with van der Waals surface area (Å²) in [5, 5.41) is 8.76. The third-order valence-corrected chi connectivity index (χ3v) is 6.47. The van der Waals surface area contributed by atoms with Gasteiger partial charge < -0.3 is 14.8 Å². The lowest BCUT2D eigenvalue weighted by Gasteiger charge is -2.14. The van der Waals surface area contributed by atoms with Crippen LogP contribution in [0.25, 0.3) is 10.9 Å². The van der Waals surface area contributed by atoms with E-state index in [-0.39, 0.29) is 5.28 Å². The van der Waals surface area contributed by atoms with Crippen LogP contribution in [0.1, 0.15) is 25.7 Å². The molecule has 29 heavy (non-hydrogen) atoms. The molecule has 0 amide bonds. The molecule has 1 aliphatic rings. The quantitative estimate of drug-likeness (QED) is 0.213. The Balaban J connectivity index is 1.52. The van der Waals surface area contributed by atoms with Crippen molar-refractivity contribution in [3.05, 3.63) is 35.7 Å². The van der Waals surface area contributed by atoms with Gasteiger partial charge in [-0.05, 0) is 76.7 Å². The average molecular weight is 546 g/mol. The molecule has 0 bridgehead atoms. The van der Waals surface area contributed by atoms with Crippen LogP contribution in [0.4, 0.5) is 11.6 Å². The van der Waals surface area contributed by atoms with Crippen LogP contribution in [0.2, 0.25) is 5.28 Å². The van der Waals surface area contributed by atoms with E-state index in [0.29, 0.717) is 31.1 Å². The Morgan fingerprint density at radius 1 is 1.24 bits per heavy atom. The molecule has 1 N–H and O–H groups in total. The lowest BCUT2D eigenvalue weighted by Crippen LogP contribution is -2.10. The van der Waals surface area contributed by atoms with Crippen molar-refractivity contribution in [2.45, 2.75) is 38.5 Å². The van der Waals surface area contributed by atoms with Gasteiger partial charge >= 0.3 is 0 Å². The zero-order valence-corrected chi connectivity index (χ0v) is 19.4.